The van der Waals surface area contributed by atoms with E-state index in [0.29, 0.717) is 30.4 Å². The van der Waals surface area contributed by atoms with Crippen LogP contribution in [-0.4, -0.2) is 47.2 Å². The summed E-state index contributed by atoms with van der Waals surface area (Å²) >= 11 is 0. The summed E-state index contributed by atoms with van der Waals surface area (Å²) in [6.07, 6.45) is 6.44. The molecule has 3 rings (SSSR count). The number of piperidine rings is 1. The predicted molar refractivity (Wildman–Crippen MR) is 89.3 cm³/mol. The van der Waals surface area contributed by atoms with Crippen molar-refractivity contribution in [2.75, 3.05) is 25.5 Å². The van der Waals surface area contributed by atoms with E-state index in [-0.39, 0.29) is 12.1 Å². The van der Waals surface area contributed by atoms with E-state index in [9.17, 15) is 4.79 Å². The number of anilines is 1. The number of para-hydroxylation sites is 2. The maximum atomic E-state index is 12.5. The van der Waals surface area contributed by atoms with E-state index in [2.05, 4.69) is 15.3 Å². The number of carbonyl (C=O) groups excluding carboxylic acids is 1. The van der Waals surface area contributed by atoms with Gasteiger partial charge in [-0.05, 0) is 25.0 Å². The second-order valence-corrected chi connectivity index (χ2v) is 5.50. The third kappa shape index (κ3) is 3.92. The molecule has 24 heavy (non-hydrogen) atoms. The monoisotopic (exact) mass is 328 g/mol. The molecule has 1 aliphatic rings. The number of nitrogens with one attached hydrogen (secondary N) is 1. The first-order chi connectivity index (χ1) is 11.8. The number of carbonyl (C=O) groups is 1. The van der Waals surface area contributed by atoms with Crippen molar-refractivity contribution in [1.82, 2.24) is 14.9 Å². The summed E-state index contributed by atoms with van der Waals surface area (Å²) in [5.74, 6) is 1.12. The Labute approximate surface area is 140 Å². The third-order valence-electron chi connectivity index (χ3n) is 3.84. The molecule has 7 nitrogen and oxygen atoms in total. The van der Waals surface area contributed by atoms with Crippen molar-refractivity contribution in [2.24, 2.45) is 0 Å². The molecule has 1 saturated heterocycles. The summed E-state index contributed by atoms with van der Waals surface area (Å²) in [6.45, 7) is 1.21. The summed E-state index contributed by atoms with van der Waals surface area (Å²) in [5, 5.41) is 2.89. The van der Waals surface area contributed by atoms with Crippen LogP contribution in [0.3, 0.4) is 0 Å². The summed E-state index contributed by atoms with van der Waals surface area (Å²) in [7, 11) is 1.58. The average molecular weight is 328 g/mol. The molecule has 1 unspecified atom stereocenters. The standard InChI is InChI=1S/C17H20N4O3/c1-23-15-7-3-2-6-14(15)20-17(22)21-10-4-5-13(12-21)24-16-11-18-8-9-19-16/h2-3,6-9,11,13H,4-5,10,12H2,1H3,(H,20,22). The Hall–Kier alpha value is -2.83. The number of urea groups is 1. The molecule has 0 radical (unpaired) electrons. The lowest BCUT2D eigenvalue weighted by atomic mass is 10.1. The minimum atomic E-state index is -0.160. The van der Waals surface area contributed by atoms with E-state index in [0.717, 1.165) is 12.8 Å². The van der Waals surface area contributed by atoms with E-state index in [1.165, 1.54) is 0 Å². The second-order valence-electron chi connectivity index (χ2n) is 5.50. The first-order valence-electron chi connectivity index (χ1n) is 7.88. The zero-order valence-electron chi connectivity index (χ0n) is 13.5. The molecule has 126 valence electrons. The van der Waals surface area contributed by atoms with Gasteiger partial charge in [-0.25, -0.2) is 9.78 Å². The van der Waals surface area contributed by atoms with Crippen LogP contribution in [0.25, 0.3) is 0 Å². The number of aromatic nitrogens is 2. The van der Waals surface area contributed by atoms with Gasteiger partial charge in [-0.1, -0.05) is 12.1 Å². The molecule has 0 spiro atoms. The molecule has 1 atom stereocenters. The van der Waals surface area contributed by atoms with Gasteiger partial charge in [0.1, 0.15) is 11.9 Å². The Bertz CT molecular complexity index is 681. The van der Waals surface area contributed by atoms with Crippen molar-refractivity contribution in [3.63, 3.8) is 0 Å². The van der Waals surface area contributed by atoms with Gasteiger partial charge >= 0.3 is 6.03 Å². The smallest absolute Gasteiger partial charge is 0.322 e. The van der Waals surface area contributed by atoms with Gasteiger partial charge in [0.05, 0.1) is 25.5 Å². The van der Waals surface area contributed by atoms with Gasteiger partial charge in [-0.3, -0.25) is 4.98 Å². The normalized spacial score (nSPS) is 17.2. The first-order valence-corrected chi connectivity index (χ1v) is 7.88. The van der Waals surface area contributed by atoms with Crippen molar-refractivity contribution < 1.29 is 14.3 Å². The molecule has 0 aliphatic carbocycles. The largest absolute Gasteiger partial charge is 0.495 e. The van der Waals surface area contributed by atoms with Crippen LogP contribution < -0.4 is 14.8 Å². The molecule has 0 saturated carbocycles. The van der Waals surface area contributed by atoms with Gasteiger partial charge < -0.3 is 19.7 Å². The second kappa shape index (κ2) is 7.63. The molecule has 2 aromatic rings. The van der Waals surface area contributed by atoms with E-state index in [1.54, 1.807) is 30.6 Å². The molecule has 0 bridgehead atoms. The number of amides is 2. The minimum Gasteiger partial charge on any atom is -0.495 e. The van der Waals surface area contributed by atoms with Gasteiger partial charge in [-0.15, -0.1) is 0 Å². The lowest BCUT2D eigenvalue weighted by Gasteiger charge is -2.32. The zero-order chi connectivity index (χ0) is 16.8. The molecular weight excluding hydrogens is 308 g/mol. The fourth-order valence-corrected chi connectivity index (χ4v) is 2.68. The number of benzene rings is 1. The molecule has 1 aromatic carbocycles. The van der Waals surface area contributed by atoms with Gasteiger partial charge in [-0.2, -0.15) is 0 Å². The quantitative estimate of drug-likeness (QED) is 0.933. The van der Waals surface area contributed by atoms with Crippen molar-refractivity contribution in [2.45, 2.75) is 18.9 Å². The number of rotatable bonds is 4. The van der Waals surface area contributed by atoms with Crippen LogP contribution in [0.2, 0.25) is 0 Å². The van der Waals surface area contributed by atoms with E-state index in [4.69, 9.17) is 9.47 Å². The Balaban J connectivity index is 1.60. The summed E-state index contributed by atoms with van der Waals surface area (Å²) in [5.41, 5.74) is 0.655. The molecular formula is C17H20N4O3. The van der Waals surface area contributed by atoms with Gasteiger partial charge in [0.2, 0.25) is 5.88 Å². The first kappa shape index (κ1) is 16.0. The van der Waals surface area contributed by atoms with E-state index in [1.807, 2.05) is 24.3 Å². The SMILES string of the molecule is COc1ccccc1NC(=O)N1CCCC(Oc2cnccn2)C1. The summed E-state index contributed by atoms with van der Waals surface area (Å²) in [4.78, 5) is 22.4. The lowest BCUT2D eigenvalue weighted by Crippen LogP contribution is -2.46. The number of ether oxygens (including phenoxy) is 2. The molecule has 2 amide bonds. The number of nitrogens with zero attached hydrogens (tertiary/aromatic N) is 3. The highest BCUT2D eigenvalue weighted by atomic mass is 16.5. The Morgan fingerprint density at radius 3 is 3.00 bits per heavy atom. The molecule has 7 heteroatoms. The van der Waals surface area contributed by atoms with Crippen LogP contribution in [0.1, 0.15) is 12.8 Å². The average Bonchev–Trinajstić information content (AvgIpc) is 2.63. The fourth-order valence-electron chi connectivity index (χ4n) is 2.68. The van der Waals surface area contributed by atoms with Crippen LogP contribution in [0, 0.1) is 0 Å². The minimum absolute atomic E-state index is 0.0844. The van der Waals surface area contributed by atoms with Crippen LogP contribution in [0.5, 0.6) is 11.6 Å². The van der Waals surface area contributed by atoms with Gasteiger partial charge in [0.15, 0.2) is 0 Å². The summed E-state index contributed by atoms with van der Waals surface area (Å²) < 4.78 is 11.1. The van der Waals surface area contributed by atoms with Gasteiger partial charge in [0, 0.05) is 18.9 Å². The molecule has 2 heterocycles. The Morgan fingerprint density at radius 2 is 2.21 bits per heavy atom. The zero-order valence-corrected chi connectivity index (χ0v) is 13.5. The Morgan fingerprint density at radius 1 is 1.33 bits per heavy atom. The van der Waals surface area contributed by atoms with Gasteiger partial charge in [0.25, 0.3) is 0 Å². The maximum absolute atomic E-state index is 12.5. The number of likely N-dealkylation sites (tertiary alicyclic amines) is 1. The van der Waals surface area contributed by atoms with Crippen LogP contribution in [0.4, 0.5) is 10.5 Å². The Kier molecular flexibility index (Phi) is 5.10. The van der Waals surface area contributed by atoms with Crippen molar-refractivity contribution in [1.29, 1.82) is 0 Å². The van der Waals surface area contributed by atoms with Crippen LogP contribution in [0.15, 0.2) is 42.9 Å². The van der Waals surface area contributed by atoms with Crippen molar-refractivity contribution in [3.8, 4) is 11.6 Å². The summed E-state index contributed by atoms with van der Waals surface area (Å²) in [6, 6.07) is 7.18. The topological polar surface area (TPSA) is 76.6 Å². The lowest BCUT2D eigenvalue weighted by molar-refractivity contribution is 0.102. The van der Waals surface area contributed by atoms with Crippen molar-refractivity contribution >= 4 is 11.7 Å². The highest BCUT2D eigenvalue weighted by Crippen LogP contribution is 2.24. The molecule has 1 N–H and O–H groups in total. The van der Waals surface area contributed by atoms with E-state index < -0.39 is 0 Å². The maximum Gasteiger partial charge on any atom is 0.322 e. The number of methoxy groups -OCH3 is 1. The predicted octanol–water partition coefficient (Wildman–Crippen LogP) is 2.56. The molecule has 1 aromatic heterocycles. The number of hydrogen-bond acceptors (Lipinski definition) is 5. The fraction of sp³-hybridized carbons (Fsp3) is 0.353. The highest BCUT2D eigenvalue weighted by molar-refractivity contribution is 5.91. The molecule has 1 aliphatic heterocycles. The van der Waals surface area contributed by atoms with Crippen molar-refractivity contribution in [3.05, 3.63) is 42.9 Å². The van der Waals surface area contributed by atoms with E-state index >= 15 is 0 Å². The highest BCUT2D eigenvalue weighted by Gasteiger charge is 2.25. The van der Waals surface area contributed by atoms with Crippen LogP contribution in [-0.2, 0) is 0 Å². The molecule has 1 fully saturated rings. The number of hydrogen-bond donors (Lipinski definition) is 1. The van der Waals surface area contributed by atoms with Crippen LogP contribution >= 0.6 is 0 Å². The third-order valence-corrected chi connectivity index (χ3v) is 3.84.